The van der Waals surface area contributed by atoms with E-state index in [9.17, 15) is 0 Å². The highest BCUT2D eigenvalue weighted by Gasteiger charge is 2.06. The Kier molecular flexibility index (Phi) is 4.18. The van der Waals surface area contributed by atoms with Gasteiger partial charge >= 0.3 is 0 Å². The second kappa shape index (κ2) is 6.05. The molecular formula is C16H19N3. The van der Waals surface area contributed by atoms with Crippen LogP contribution in [0.2, 0.25) is 0 Å². The number of hydrogen-bond donors (Lipinski definition) is 2. The molecule has 1 unspecified atom stereocenters. The van der Waals surface area contributed by atoms with Crippen LogP contribution < -0.4 is 11.1 Å². The van der Waals surface area contributed by atoms with Crippen molar-refractivity contribution in [3.8, 4) is 0 Å². The van der Waals surface area contributed by atoms with Crippen molar-refractivity contribution in [3.63, 3.8) is 0 Å². The summed E-state index contributed by atoms with van der Waals surface area (Å²) >= 11 is 0. The third-order valence-electron chi connectivity index (χ3n) is 3.02. The Morgan fingerprint density at radius 1 is 1.05 bits per heavy atom. The van der Waals surface area contributed by atoms with Crippen LogP contribution in [-0.2, 0) is 0 Å². The van der Waals surface area contributed by atoms with Crippen LogP contribution in [0.15, 0.2) is 59.6 Å². The highest BCUT2D eigenvalue weighted by atomic mass is 15.1. The van der Waals surface area contributed by atoms with E-state index >= 15 is 0 Å². The van der Waals surface area contributed by atoms with Crippen molar-refractivity contribution in [2.45, 2.75) is 19.9 Å². The van der Waals surface area contributed by atoms with E-state index in [0.717, 1.165) is 5.69 Å². The number of hydrogen-bond acceptors (Lipinski definition) is 1. The van der Waals surface area contributed by atoms with Gasteiger partial charge in [-0.05, 0) is 37.1 Å². The number of benzene rings is 2. The second-order valence-electron chi connectivity index (χ2n) is 4.54. The number of anilines is 1. The molecule has 19 heavy (non-hydrogen) atoms. The zero-order chi connectivity index (χ0) is 13.7. The molecule has 0 aliphatic heterocycles. The molecule has 1 atom stereocenters. The van der Waals surface area contributed by atoms with E-state index < -0.39 is 0 Å². The Morgan fingerprint density at radius 3 is 2.37 bits per heavy atom. The Balaban J connectivity index is 2.11. The van der Waals surface area contributed by atoms with E-state index in [4.69, 9.17) is 5.73 Å². The molecule has 0 fully saturated rings. The summed E-state index contributed by atoms with van der Waals surface area (Å²) in [6.07, 6.45) is 0. The lowest BCUT2D eigenvalue weighted by atomic mass is 10.0. The monoisotopic (exact) mass is 253 g/mol. The number of aliphatic imine (C=N–C) groups is 1. The van der Waals surface area contributed by atoms with Crippen LogP contribution in [-0.4, -0.2) is 5.96 Å². The van der Waals surface area contributed by atoms with Gasteiger partial charge in [0.15, 0.2) is 5.96 Å². The first kappa shape index (κ1) is 13.1. The Bertz CT molecular complexity index is 561. The molecule has 2 aromatic rings. The predicted molar refractivity (Wildman–Crippen MR) is 81.3 cm³/mol. The van der Waals surface area contributed by atoms with Crippen LogP contribution >= 0.6 is 0 Å². The maximum absolute atomic E-state index is 5.93. The average molecular weight is 253 g/mol. The molecule has 3 N–H and O–H groups in total. The van der Waals surface area contributed by atoms with Gasteiger partial charge in [0.1, 0.15) is 0 Å². The van der Waals surface area contributed by atoms with Gasteiger partial charge in [0.2, 0.25) is 0 Å². The molecule has 0 heterocycles. The number of para-hydroxylation sites is 1. The van der Waals surface area contributed by atoms with E-state index in [-0.39, 0.29) is 6.04 Å². The van der Waals surface area contributed by atoms with E-state index in [1.807, 2.05) is 49.4 Å². The Morgan fingerprint density at radius 2 is 1.68 bits per heavy atom. The zero-order valence-electron chi connectivity index (χ0n) is 11.3. The zero-order valence-corrected chi connectivity index (χ0v) is 11.3. The molecule has 0 aliphatic rings. The number of nitrogens with one attached hydrogen (secondary N) is 1. The molecule has 2 aromatic carbocycles. The molecule has 0 bridgehead atoms. The number of nitrogens with zero attached hydrogens (tertiary/aromatic N) is 1. The van der Waals surface area contributed by atoms with E-state index in [1.165, 1.54) is 11.1 Å². The molecule has 0 spiro atoms. The molecule has 0 amide bonds. The highest BCUT2D eigenvalue weighted by Crippen LogP contribution is 2.20. The molecule has 0 saturated carbocycles. The summed E-state index contributed by atoms with van der Waals surface area (Å²) in [4.78, 5) is 4.49. The lowest BCUT2D eigenvalue weighted by Gasteiger charge is -2.12. The minimum Gasteiger partial charge on any atom is -0.370 e. The summed E-state index contributed by atoms with van der Waals surface area (Å²) in [5.74, 6) is 0.432. The standard InChI is InChI=1S/C16H19N3/c1-12-8-6-7-11-15(12)13(2)18-16(17)19-14-9-4-3-5-10-14/h3-11,13H,1-2H3,(H3,17,18,19). The first-order chi connectivity index (χ1) is 9.16. The Labute approximate surface area is 114 Å². The summed E-state index contributed by atoms with van der Waals surface area (Å²) in [5.41, 5.74) is 9.30. The Hall–Kier alpha value is -2.29. The maximum atomic E-state index is 5.93. The molecule has 3 nitrogen and oxygen atoms in total. The van der Waals surface area contributed by atoms with Gasteiger partial charge in [-0.25, -0.2) is 4.99 Å². The summed E-state index contributed by atoms with van der Waals surface area (Å²) in [6.45, 7) is 4.13. The van der Waals surface area contributed by atoms with Gasteiger partial charge in [-0.15, -0.1) is 0 Å². The fraction of sp³-hybridized carbons (Fsp3) is 0.188. The summed E-state index contributed by atoms with van der Waals surface area (Å²) in [7, 11) is 0. The molecule has 0 saturated heterocycles. The number of nitrogens with two attached hydrogens (primary N) is 1. The smallest absolute Gasteiger partial charge is 0.193 e. The molecule has 0 aliphatic carbocycles. The minimum atomic E-state index is 0.0393. The van der Waals surface area contributed by atoms with Crippen LogP contribution in [0, 0.1) is 6.92 Å². The third kappa shape index (κ3) is 3.58. The summed E-state index contributed by atoms with van der Waals surface area (Å²) in [5, 5.41) is 3.09. The number of aryl methyl sites for hydroxylation is 1. The summed E-state index contributed by atoms with van der Waals surface area (Å²) in [6, 6.07) is 18.1. The third-order valence-corrected chi connectivity index (χ3v) is 3.02. The van der Waals surface area contributed by atoms with Gasteiger partial charge in [-0.2, -0.15) is 0 Å². The van der Waals surface area contributed by atoms with Gasteiger partial charge in [0, 0.05) is 5.69 Å². The van der Waals surface area contributed by atoms with Gasteiger partial charge in [-0.1, -0.05) is 42.5 Å². The fourth-order valence-corrected chi connectivity index (χ4v) is 2.04. The highest BCUT2D eigenvalue weighted by molar-refractivity contribution is 5.92. The van der Waals surface area contributed by atoms with Crippen LogP contribution in [0.4, 0.5) is 5.69 Å². The van der Waals surface area contributed by atoms with E-state index in [2.05, 4.69) is 29.4 Å². The molecular weight excluding hydrogens is 234 g/mol. The minimum absolute atomic E-state index is 0.0393. The van der Waals surface area contributed by atoms with Gasteiger partial charge in [0.25, 0.3) is 0 Å². The van der Waals surface area contributed by atoms with Crippen molar-refractivity contribution in [2.24, 2.45) is 10.7 Å². The first-order valence-corrected chi connectivity index (χ1v) is 6.37. The predicted octanol–water partition coefficient (Wildman–Crippen LogP) is 3.48. The molecule has 0 aromatic heterocycles. The largest absolute Gasteiger partial charge is 0.370 e. The molecule has 2 rings (SSSR count). The first-order valence-electron chi connectivity index (χ1n) is 6.37. The van der Waals surface area contributed by atoms with Crippen LogP contribution in [0.3, 0.4) is 0 Å². The lowest BCUT2D eigenvalue weighted by Crippen LogP contribution is -2.23. The topological polar surface area (TPSA) is 50.4 Å². The molecule has 98 valence electrons. The van der Waals surface area contributed by atoms with Crippen molar-refractivity contribution in [2.75, 3.05) is 5.32 Å². The number of guanidine groups is 1. The van der Waals surface area contributed by atoms with E-state index in [0.29, 0.717) is 5.96 Å². The van der Waals surface area contributed by atoms with Gasteiger partial charge in [-0.3, -0.25) is 0 Å². The normalized spacial score (nSPS) is 13.1. The van der Waals surface area contributed by atoms with Gasteiger partial charge < -0.3 is 11.1 Å². The molecule has 3 heteroatoms. The van der Waals surface area contributed by atoms with E-state index in [1.54, 1.807) is 0 Å². The lowest BCUT2D eigenvalue weighted by molar-refractivity contribution is 0.809. The van der Waals surface area contributed by atoms with Crippen molar-refractivity contribution in [1.82, 2.24) is 0 Å². The number of rotatable bonds is 3. The average Bonchev–Trinajstić information content (AvgIpc) is 2.40. The maximum Gasteiger partial charge on any atom is 0.193 e. The van der Waals surface area contributed by atoms with Crippen molar-refractivity contribution < 1.29 is 0 Å². The quantitative estimate of drug-likeness (QED) is 0.650. The van der Waals surface area contributed by atoms with Crippen LogP contribution in [0.5, 0.6) is 0 Å². The van der Waals surface area contributed by atoms with Crippen molar-refractivity contribution in [1.29, 1.82) is 0 Å². The van der Waals surface area contributed by atoms with Crippen molar-refractivity contribution >= 4 is 11.6 Å². The second-order valence-corrected chi connectivity index (χ2v) is 4.54. The van der Waals surface area contributed by atoms with Crippen molar-refractivity contribution in [3.05, 3.63) is 65.7 Å². The summed E-state index contributed by atoms with van der Waals surface area (Å²) < 4.78 is 0. The SMILES string of the molecule is Cc1ccccc1C(C)N=C(N)Nc1ccccc1. The van der Waals surface area contributed by atoms with Crippen LogP contribution in [0.25, 0.3) is 0 Å². The van der Waals surface area contributed by atoms with Gasteiger partial charge in [0.05, 0.1) is 6.04 Å². The fourth-order valence-electron chi connectivity index (χ4n) is 2.04. The van der Waals surface area contributed by atoms with Crippen LogP contribution in [0.1, 0.15) is 24.1 Å². The molecule has 0 radical (unpaired) electrons.